The zero-order valence-corrected chi connectivity index (χ0v) is 15.2. The Balaban J connectivity index is 1.65. The Labute approximate surface area is 147 Å². The van der Waals surface area contributed by atoms with Crippen molar-refractivity contribution in [2.45, 2.75) is 13.3 Å². The van der Waals surface area contributed by atoms with Crippen molar-refractivity contribution in [3.8, 4) is 0 Å². The molecule has 1 aliphatic heterocycles. The summed E-state index contributed by atoms with van der Waals surface area (Å²) in [7, 11) is 0. The molecule has 1 fully saturated rings. The van der Waals surface area contributed by atoms with Crippen molar-refractivity contribution in [2.75, 3.05) is 31.6 Å². The van der Waals surface area contributed by atoms with Gasteiger partial charge < -0.3 is 9.64 Å². The van der Waals surface area contributed by atoms with E-state index in [4.69, 9.17) is 4.74 Å². The van der Waals surface area contributed by atoms with Crippen molar-refractivity contribution in [3.63, 3.8) is 0 Å². The second kappa shape index (κ2) is 7.42. The molecule has 1 aromatic heterocycles. The van der Waals surface area contributed by atoms with Gasteiger partial charge in [-0.15, -0.1) is 11.3 Å². The van der Waals surface area contributed by atoms with E-state index in [9.17, 15) is 4.79 Å². The molecular formula is C16H18BrN3O2S. The highest BCUT2D eigenvalue weighted by Crippen LogP contribution is 2.26. The number of aromatic nitrogens is 1. The summed E-state index contributed by atoms with van der Waals surface area (Å²) < 4.78 is 6.33. The summed E-state index contributed by atoms with van der Waals surface area (Å²) in [6.07, 6.45) is 0.824. The lowest BCUT2D eigenvalue weighted by Gasteiger charge is -2.26. The van der Waals surface area contributed by atoms with E-state index in [2.05, 4.69) is 38.4 Å². The molecule has 122 valence electrons. The summed E-state index contributed by atoms with van der Waals surface area (Å²) in [6.45, 7) is 4.43. The fourth-order valence-electron chi connectivity index (χ4n) is 2.37. The Kier molecular flexibility index (Phi) is 5.30. The van der Waals surface area contributed by atoms with Crippen molar-refractivity contribution in [2.24, 2.45) is 0 Å². The molecule has 2 heterocycles. The van der Waals surface area contributed by atoms with Crippen LogP contribution in [0.5, 0.6) is 0 Å². The number of hydrogen-bond donors (Lipinski definition) is 1. The van der Waals surface area contributed by atoms with Crippen molar-refractivity contribution in [3.05, 3.63) is 44.9 Å². The number of nitrogens with zero attached hydrogens (tertiary/aromatic N) is 2. The van der Waals surface area contributed by atoms with E-state index in [-0.39, 0.29) is 6.03 Å². The van der Waals surface area contributed by atoms with Gasteiger partial charge in [0.15, 0.2) is 5.13 Å². The average Bonchev–Trinajstić information content (AvgIpc) is 2.90. The number of carbonyl (C=O) groups excluding carboxylic acids is 1. The van der Waals surface area contributed by atoms with Gasteiger partial charge in [0.05, 0.1) is 18.9 Å². The van der Waals surface area contributed by atoms with Gasteiger partial charge in [0.1, 0.15) is 0 Å². The summed E-state index contributed by atoms with van der Waals surface area (Å²) in [5.74, 6) is 0. The molecule has 5 nitrogen and oxygen atoms in total. The molecule has 0 unspecified atom stereocenters. The third-order valence-electron chi connectivity index (χ3n) is 3.68. The monoisotopic (exact) mass is 395 g/mol. The molecule has 1 aromatic carbocycles. The van der Waals surface area contributed by atoms with E-state index in [1.165, 1.54) is 21.8 Å². The molecule has 1 aliphatic rings. The van der Waals surface area contributed by atoms with Crippen LogP contribution in [0.3, 0.4) is 0 Å². The largest absolute Gasteiger partial charge is 0.378 e. The first kappa shape index (κ1) is 16.4. The zero-order chi connectivity index (χ0) is 16.2. The predicted octanol–water partition coefficient (Wildman–Crippen LogP) is 3.67. The molecular weight excluding hydrogens is 378 g/mol. The molecule has 0 atom stereocenters. The average molecular weight is 396 g/mol. The molecule has 1 N–H and O–H groups in total. The minimum Gasteiger partial charge on any atom is -0.378 e. The zero-order valence-electron chi connectivity index (χ0n) is 12.8. The number of halogens is 1. The molecule has 2 aromatic rings. The number of nitrogens with one attached hydrogen (secondary N) is 1. The van der Waals surface area contributed by atoms with Gasteiger partial charge >= 0.3 is 6.03 Å². The van der Waals surface area contributed by atoms with Gasteiger partial charge in [-0.3, -0.25) is 5.32 Å². The summed E-state index contributed by atoms with van der Waals surface area (Å²) in [4.78, 5) is 19.6. The third-order valence-corrected chi connectivity index (χ3v) is 5.28. The number of amides is 2. The van der Waals surface area contributed by atoms with Crippen LogP contribution in [0.15, 0.2) is 28.7 Å². The van der Waals surface area contributed by atoms with Crippen LogP contribution in [-0.2, 0) is 11.2 Å². The summed E-state index contributed by atoms with van der Waals surface area (Å²) in [5.41, 5.74) is 2.20. The van der Waals surface area contributed by atoms with Gasteiger partial charge in [0, 0.05) is 28.9 Å². The number of benzene rings is 1. The van der Waals surface area contributed by atoms with Gasteiger partial charge in [-0.2, -0.15) is 0 Å². The van der Waals surface area contributed by atoms with Crippen LogP contribution < -0.4 is 5.32 Å². The molecule has 7 heteroatoms. The normalized spacial score (nSPS) is 14.8. The smallest absolute Gasteiger partial charge is 0.323 e. The molecule has 2 amide bonds. The Morgan fingerprint density at radius 3 is 2.74 bits per heavy atom. The van der Waals surface area contributed by atoms with Gasteiger partial charge in [0.2, 0.25) is 0 Å². The third kappa shape index (κ3) is 4.31. The van der Waals surface area contributed by atoms with Gasteiger partial charge in [-0.05, 0) is 24.6 Å². The van der Waals surface area contributed by atoms with Crippen molar-refractivity contribution >= 4 is 38.4 Å². The number of aryl methyl sites for hydroxylation is 1. The number of carbonyl (C=O) groups is 1. The molecule has 0 aliphatic carbocycles. The first-order chi connectivity index (χ1) is 11.1. The number of thiazole rings is 1. The first-order valence-electron chi connectivity index (χ1n) is 7.46. The van der Waals surface area contributed by atoms with Gasteiger partial charge in [0.25, 0.3) is 0 Å². The number of hydrogen-bond acceptors (Lipinski definition) is 4. The van der Waals surface area contributed by atoms with E-state index in [1.54, 1.807) is 4.90 Å². The molecule has 1 saturated heterocycles. The fraction of sp³-hybridized carbons (Fsp3) is 0.375. The minimum absolute atomic E-state index is 0.0998. The Morgan fingerprint density at radius 2 is 2.04 bits per heavy atom. The second-order valence-electron chi connectivity index (χ2n) is 5.36. The Hall–Kier alpha value is -1.44. The topological polar surface area (TPSA) is 54.5 Å². The van der Waals surface area contributed by atoms with E-state index in [0.29, 0.717) is 31.4 Å². The standard InChI is InChI=1S/C16H18BrN3O2S/c1-11-14(10-12-2-4-13(17)5-3-12)23-15(18-11)19-16(21)20-6-8-22-9-7-20/h2-5H,6-10H2,1H3,(H,18,19,21). The highest BCUT2D eigenvalue weighted by Gasteiger charge is 2.18. The maximum atomic E-state index is 12.2. The maximum Gasteiger partial charge on any atom is 0.323 e. The second-order valence-corrected chi connectivity index (χ2v) is 7.36. The first-order valence-corrected chi connectivity index (χ1v) is 9.07. The molecule has 0 spiro atoms. The Morgan fingerprint density at radius 1 is 1.35 bits per heavy atom. The lowest BCUT2D eigenvalue weighted by atomic mass is 10.1. The maximum absolute atomic E-state index is 12.2. The van der Waals surface area contributed by atoms with E-state index in [0.717, 1.165) is 16.6 Å². The number of rotatable bonds is 3. The van der Waals surface area contributed by atoms with E-state index >= 15 is 0 Å². The predicted molar refractivity (Wildman–Crippen MR) is 95.2 cm³/mol. The fourth-order valence-corrected chi connectivity index (χ4v) is 3.62. The summed E-state index contributed by atoms with van der Waals surface area (Å²) >= 11 is 4.98. The SMILES string of the molecule is Cc1nc(NC(=O)N2CCOCC2)sc1Cc1ccc(Br)cc1. The van der Waals surface area contributed by atoms with Crippen LogP contribution in [0.2, 0.25) is 0 Å². The van der Waals surface area contributed by atoms with Gasteiger partial charge in [-0.25, -0.2) is 9.78 Å². The number of morpholine rings is 1. The van der Waals surface area contributed by atoms with E-state index < -0.39 is 0 Å². The van der Waals surface area contributed by atoms with Crippen LogP contribution in [0, 0.1) is 6.92 Å². The van der Waals surface area contributed by atoms with Crippen LogP contribution in [0.25, 0.3) is 0 Å². The highest BCUT2D eigenvalue weighted by atomic mass is 79.9. The number of ether oxygens (including phenoxy) is 1. The van der Waals surface area contributed by atoms with E-state index in [1.807, 2.05) is 19.1 Å². The summed E-state index contributed by atoms with van der Waals surface area (Å²) in [5, 5.41) is 3.56. The number of anilines is 1. The van der Waals surface area contributed by atoms with Gasteiger partial charge in [-0.1, -0.05) is 28.1 Å². The van der Waals surface area contributed by atoms with Crippen LogP contribution in [0.1, 0.15) is 16.1 Å². The highest BCUT2D eigenvalue weighted by molar-refractivity contribution is 9.10. The lowest BCUT2D eigenvalue weighted by Crippen LogP contribution is -2.43. The minimum atomic E-state index is -0.0998. The molecule has 0 saturated carbocycles. The van der Waals surface area contributed by atoms with Crippen LogP contribution in [-0.4, -0.2) is 42.2 Å². The Bertz CT molecular complexity index is 681. The lowest BCUT2D eigenvalue weighted by molar-refractivity contribution is 0.0564. The molecule has 3 rings (SSSR count). The molecule has 0 bridgehead atoms. The van der Waals surface area contributed by atoms with Crippen molar-refractivity contribution < 1.29 is 9.53 Å². The quantitative estimate of drug-likeness (QED) is 0.862. The summed E-state index contributed by atoms with van der Waals surface area (Å²) in [6, 6.07) is 8.15. The van der Waals surface area contributed by atoms with Crippen molar-refractivity contribution in [1.29, 1.82) is 0 Å². The molecule has 0 radical (unpaired) electrons. The van der Waals surface area contributed by atoms with Crippen molar-refractivity contribution in [1.82, 2.24) is 9.88 Å². The molecule has 23 heavy (non-hydrogen) atoms. The van der Waals surface area contributed by atoms with Crippen LogP contribution in [0.4, 0.5) is 9.93 Å². The van der Waals surface area contributed by atoms with Crippen LogP contribution >= 0.6 is 27.3 Å². The number of urea groups is 1.